The quantitative estimate of drug-likeness (QED) is 0.865. The number of ether oxygens (including phenoxy) is 1. The summed E-state index contributed by atoms with van der Waals surface area (Å²) in [6, 6.07) is 5.21. The van der Waals surface area contributed by atoms with Crippen LogP contribution in [0.1, 0.15) is 32.8 Å². The molecule has 1 N–H and O–H groups in total. The molecule has 2 rings (SSSR count). The Morgan fingerprint density at radius 1 is 1.29 bits per heavy atom. The van der Waals surface area contributed by atoms with Crippen LogP contribution >= 0.6 is 0 Å². The summed E-state index contributed by atoms with van der Waals surface area (Å²) in [4.78, 5) is 4.74. The fourth-order valence-corrected chi connectivity index (χ4v) is 3.38. The predicted octanol–water partition coefficient (Wildman–Crippen LogP) is 2.75. The van der Waals surface area contributed by atoms with Gasteiger partial charge < -0.3 is 9.84 Å². The first-order valence-corrected chi connectivity index (χ1v) is 8.72. The third-order valence-corrected chi connectivity index (χ3v) is 4.48. The highest BCUT2D eigenvalue weighted by molar-refractivity contribution is 5.29. The van der Waals surface area contributed by atoms with Gasteiger partial charge in [0.15, 0.2) is 0 Å². The van der Waals surface area contributed by atoms with Crippen LogP contribution < -0.4 is 4.74 Å². The fourth-order valence-electron chi connectivity index (χ4n) is 3.38. The normalized spacial score (nSPS) is 20.3. The first kappa shape index (κ1) is 19.2. The first-order chi connectivity index (χ1) is 11.3. The maximum absolute atomic E-state index is 14.1. The molecule has 1 aliphatic rings. The van der Waals surface area contributed by atoms with Gasteiger partial charge in [0.1, 0.15) is 11.6 Å². The van der Waals surface area contributed by atoms with E-state index in [1.54, 1.807) is 19.2 Å². The number of hydrogen-bond acceptors (Lipinski definition) is 4. The highest BCUT2D eigenvalue weighted by Gasteiger charge is 2.29. The molecule has 0 aromatic heterocycles. The molecule has 1 aromatic rings. The minimum atomic E-state index is -0.188. The number of benzene rings is 1. The summed E-state index contributed by atoms with van der Waals surface area (Å²) in [5, 5.41) is 9.40. The molecule has 0 unspecified atom stereocenters. The molecule has 0 aliphatic carbocycles. The van der Waals surface area contributed by atoms with Gasteiger partial charge in [0.05, 0.1) is 7.11 Å². The van der Waals surface area contributed by atoms with Gasteiger partial charge in [-0.05, 0) is 30.0 Å². The van der Waals surface area contributed by atoms with Gasteiger partial charge >= 0.3 is 0 Å². The molecule has 0 saturated carbocycles. The first-order valence-electron chi connectivity index (χ1n) is 8.72. The van der Waals surface area contributed by atoms with Crippen molar-refractivity contribution >= 4 is 0 Å². The van der Waals surface area contributed by atoms with Crippen LogP contribution in [-0.4, -0.2) is 60.8 Å². The molecule has 1 aromatic carbocycles. The van der Waals surface area contributed by atoms with Gasteiger partial charge in [0.2, 0.25) is 0 Å². The second kappa shape index (κ2) is 8.28. The number of aliphatic hydroxyl groups is 1. The topological polar surface area (TPSA) is 35.9 Å². The molecule has 1 saturated heterocycles. The van der Waals surface area contributed by atoms with Crippen LogP contribution in [0.5, 0.6) is 5.75 Å². The lowest BCUT2D eigenvalue weighted by Gasteiger charge is -2.44. The molecular weight excluding hydrogens is 307 g/mol. The highest BCUT2D eigenvalue weighted by Crippen LogP contribution is 2.23. The third-order valence-electron chi connectivity index (χ3n) is 4.48. The molecule has 0 radical (unpaired) electrons. The Morgan fingerprint density at radius 3 is 2.67 bits per heavy atom. The molecule has 1 heterocycles. The van der Waals surface area contributed by atoms with E-state index in [9.17, 15) is 9.50 Å². The zero-order valence-electron chi connectivity index (χ0n) is 15.4. The van der Waals surface area contributed by atoms with Crippen molar-refractivity contribution in [3.63, 3.8) is 0 Å². The van der Waals surface area contributed by atoms with Gasteiger partial charge in [-0.1, -0.05) is 20.8 Å². The largest absolute Gasteiger partial charge is 0.497 e. The minimum absolute atomic E-state index is 0.187. The maximum atomic E-state index is 14.1. The summed E-state index contributed by atoms with van der Waals surface area (Å²) in [7, 11) is 1.60. The SMILES string of the molecule is COc1ccc(F)c(CN2CCN(CC(C)(C)C)[C@H](CCO)C2)c1. The lowest BCUT2D eigenvalue weighted by Crippen LogP contribution is -2.54. The van der Waals surface area contributed by atoms with Gasteiger partial charge in [0, 0.05) is 50.9 Å². The molecule has 4 nitrogen and oxygen atoms in total. The zero-order chi connectivity index (χ0) is 17.7. The number of halogens is 1. The van der Waals surface area contributed by atoms with Crippen molar-refractivity contribution in [2.45, 2.75) is 39.8 Å². The molecular formula is C19H31FN2O2. The number of piperazine rings is 1. The predicted molar refractivity (Wildman–Crippen MR) is 94.7 cm³/mol. The average molecular weight is 338 g/mol. The Kier molecular flexibility index (Phi) is 6.61. The van der Waals surface area contributed by atoms with Crippen molar-refractivity contribution in [1.82, 2.24) is 9.80 Å². The van der Waals surface area contributed by atoms with Crippen molar-refractivity contribution in [2.75, 3.05) is 39.9 Å². The lowest BCUT2D eigenvalue weighted by atomic mass is 9.94. The van der Waals surface area contributed by atoms with Crippen LogP contribution in [0, 0.1) is 11.2 Å². The number of hydrogen-bond donors (Lipinski definition) is 1. The van der Waals surface area contributed by atoms with Crippen molar-refractivity contribution < 1.29 is 14.2 Å². The Hall–Kier alpha value is -1.17. The van der Waals surface area contributed by atoms with Crippen LogP contribution in [0.4, 0.5) is 4.39 Å². The average Bonchev–Trinajstić information content (AvgIpc) is 2.51. The van der Waals surface area contributed by atoms with Gasteiger partial charge in [-0.15, -0.1) is 0 Å². The van der Waals surface area contributed by atoms with Crippen LogP contribution in [0.25, 0.3) is 0 Å². The second-order valence-corrected chi connectivity index (χ2v) is 7.89. The lowest BCUT2D eigenvalue weighted by molar-refractivity contribution is 0.0335. The molecule has 0 spiro atoms. The van der Waals surface area contributed by atoms with E-state index in [-0.39, 0.29) is 17.8 Å². The van der Waals surface area contributed by atoms with Crippen LogP contribution in [0.3, 0.4) is 0 Å². The highest BCUT2D eigenvalue weighted by atomic mass is 19.1. The van der Waals surface area contributed by atoms with E-state index in [2.05, 4.69) is 30.6 Å². The number of rotatable bonds is 6. The molecule has 5 heteroatoms. The van der Waals surface area contributed by atoms with Gasteiger partial charge in [-0.25, -0.2) is 4.39 Å². The fraction of sp³-hybridized carbons (Fsp3) is 0.684. The van der Waals surface area contributed by atoms with E-state index in [0.717, 1.165) is 32.6 Å². The molecule has 136 valence electrons. The minimum Gasteiger partial charge on any atom is -0.497 e. The summed E-state index contributed by atoms with van der Waals surface area (Å²) in [6.45, 7) is 11.2. The van der Waals surface area contributed by atoms with Crippen LogP contribution in [0.15, 0.2) is 18.2 Å². The molecule has 1 fully saturated rings. The maximum Gasteiger partial charge on any atom is 0.127 e. The van der Waals surface area contributed by atoms with E-state index >= 15 is 0 Å². The number of aliphatic hydroxyl groups excluding tert-OH is 1. The Balaban J connectivity index is 2.03. The zero-order valence-corrected chi connectivity index (χ0v) is 15.4. The van der Waals surface area contributed by atoms with Crippen molar-refractivity contribution in [3.8, 4) is 5.75 Å². The molecule has 1 aliphatic heterocycles. The van der Waals surface area contributed by atoms with E-state index in [4.69, 9.17) is 4.74 Å². The molecule has 0 amide bonds. The van der Waals surface area contributed by atoms with Crippen LogP contribution in [-0.2, 0) is 6.54 Å². The molecule has 1 atom stereocenters. The molecule has 0 bridgehead atoms. The van der Waals surface area contributed by atoms with Crippen molar-refractivity contribution in [3.05, 3.63) is 29.6 Å². The Morgan fingerprint density at radius 2 is 2.04 bits per heavy atom. The Labute approximate surface area is 145 Å². The Bertz CT molecular complexity index is 531. The van der Waals surface area contributed by atoms with Gasteiger partial charge in [-0.2, -0.15) is 0 Å². The summed E-state index contributed by atoms with van der Waals surface area (Å²) < 4.78 is 19.3. The van der Waals surface area contributed by atoms with Crippen molar-refractivity contribution in [1.29, 1.82) is 0 Å². The number of nitrogens with zero attached hydrogens (tertiary/aromatic N) is 2. The van der Waals surface area contributed by atoms with Gasteiger partial charge in [0.25, 0.3) is 0 Å². The van der Waals surface area contributed by atoms with E-state index in [0.29, 0.717) is 23.9 Å². The summed E-state index contributed by atoms with van der Waals surface area (Å²) >= 11 is 0. The number of methoxy groups -OCH3 is 1. The van der Waals surface area contributed by atoms with Crippen LogP contribution in [0.2, 0.25) is 0 Å². The van der Waals surface area contributed by atoms with E-state index < -0.39 is 0 Å². The smallest absolute Gasteiger partial charge is 0.127 e. The standard InChI is InChI=1S/C19H31FN2O2/c1-19(2,3)14-22-9-8-21(13-16(22)7-10-23)12-15-11-17(24-4)5-6-18(15)20/h5-6,11,16,23H,7-10,12-14H2,1-4H3/t16-/m1/s1. The molecule has 24 heavy (non-hydrogen) atoms. The van der Waals surface area contributed by atoms with Crippen molar-refractivity contribution in [2.24, 2.45) is 5.41 Å². The summed E-state index contributed by atoms with van der Waals surface area (Å²) in [5.41, 5.74) is 0.899. The second-order valence-electron chi connectivity index (χ2n) is 7.89. The van der Waals surface area contributed by atoms with Gasteiger partial charge in [-0.3, -0.25) is 9.80 Å². The summed E-state index contributed by atoms with van der Waals surface area (Å²) in [5.74, 6) is 0.497. The summed E-state index contributed by atoms with van der Waals surface area (Å²) in [6.07, 6.45) is 0.757. The van der Waals surface area contributed by atoms with E-state index in [1.165, 1.54) is 6.07 Å². The van der Waals surface area contributed by atoms with E-state index in [1.807, 2.05) is 0 Å². The third kappa shape index (κ3) is 5.43. The monoisotopic (exact) mass is 338 g/mol.